The van der Waals surface area contributed by atoms with Crippen molar-refractivity contribution in [3.8, 4) is 17.2 Å². The molecule has 0 unspecified atom stereocenters. The van der Waals surface area contributed by atoms with Crippen LogP contribution in [0.15, 0.2) is 35.6 Å². The first kappa shape index (κ1) is 24.8. The molecule has 0 radical (unpaired) electrons. The van der Waals surface area contributed by atoms with Crippen molar-refractivity contribution in [1.29, 1.82) is 0 Å². The molecule has 2 heterocycles. The molecule has 9 nitrogen and oxygen atoms in total. The Morgan fingerprint density at radius 2 is 1.68 bits per heavy atom. The Morgan fingerprint density at radius 1 is 1.00 bits per heavy atom. The third-order valence-electron chi connectivity index (χ3n) is 4.93. The maximum atomic E-state index is 5.58. The summed E-state index contributed by atoms with van der Waals surface area (Å²) in [7, 11) is 4.84. The number of anilines is 1. The molecule has 1 N–H and O–H groups in total. The van der Waals surface area contributed by atoms with Crippen LogP contribution in [-0.2, 0) is 6.54 Å². The fourth-order valence-corrected chi connectivity index (χ4v) is 3.45. The maximum Gasteiger partial charge on any atom is 0.225 e. The normalized spacial score (nSPS) is 14.0. The van der Waals surface area contributed by atoms with E-state index in [1.165, 1.54) is 0 Å². The predicted octanol–water partition coefficient (Wildman–Crippen LogP) is 2.41. The monoisotopic (exact) mass is 542 g/mol. The van der Waals surface area contributed by atoms with Gasteiger partial charge in [0, 0.05) is 50.7 Å². The van der Waals surface area contributed by atoms with E-state index in [2.05, 4.69) is 32.0 Å². The van der Waals surface area contributed by atoms with Crippen molar-refractivity contribution in [3.63, 3.8) is 0 Å². The molecule has 1 aromatic carbocycles. The lowest BCUT2D eigenvalue weighted by molar-refractivity contribution is 0.322. The molecule has 0 amide bonds. The Kier molecular flexibility index (Phi) is 9.89. The molecule has 170 valence electrons. The summed E-state index contributed by atoms with van der Waals surface area (Å²) in [5, 5.41) is 3.40. The molecule has 1 saturated heterocycles. The standard InChI is InChI=1S/C21H30N6O3.HI/c1-5-22-20(26-11-13-27(14-12-26)21-23-9-6-10-24-21)25-15-16-7-8-17(28-2)19(30-4)18(16)29-3;/h6-10H,5,11-15H2,1-4H3,(H,22,25);1H. The van der Waals surface area contributed by atoms with Gasteiger partial charge in [0.25, 0.3) is 0 Å². The van der Waals surface area contributed by atoms with Crippen LogP contribution >= 0.6 is 24.0 Å². The highest BCUT2D eigenvalue weighted by Crippen LogP contribution is 2.40. The average molecular weight is 542 g/mol. The first-order chi connectivity index (χ1) is 14.7. The molecule has 3 rings (SSSR count). The van der Waals surface area contributed by atoms with Crippen LogP contribution in [0.2, 0.25) is 0 Å². The number of piperazine rings is 1. The number of benzene rings is 1. The fraction of sp³-hybridized carbons (Fsp3) is 0.476. The number of aliphatic imine (C=N–C) groups is 1. The number of aromatic nitrogens is 2. The maximum absolute atomic E-state index is 5.58. The molecule has 1 aliphatic heterocycles. The third-order valence-corrected chi connectivity index (χ3v) is 4.93. The number of methoxy groups -OCH3 is 3. The van der Waals surface area contributed by atoms with E-state index >= 15 is 0 Å². The lowest BCUT2D eigenvalue weighted by atomic mass is 10.1. The second kappa shape index (κ2) is 12.4. The van der Waals surface area contributed by atoms with Crippen LogP contribution in [0.3, 0.4) is 0 Å². The number of nitrogens with zero attached hydrogens (tertiary/aromatic N) is 5. The largest absolute Gasteiger partial charge is 0.493 e. The smallest absolute Gasteiger partial charge is 0.225 e. The minimum atomic E-state index is 0. The zero-order valence-electron chi connectivity index (χ0n) is 18.5. The van der Waals surface area contributed by atoms with E-state index in [1.807, 2.05) is 18.2 Å². The van der Waals surface area contributed by atoms with E-state index in [9.17, 15) is 0 Å². The van der Waals surface area contributed by atoms with Gasteiger partial charge in [0.2, 0.25) is 11.7 Å². The Balaban J connectivity index is 0.00000341. The van der Waals surface area contributed by atoms with Gasteiger partial charge in [-0.05, 0) is 25.1 Å². The van der Waals surface area contributed by atoms with Gasteiger partial charge >= 0.3 is 0 Å². The van der Waals surface area contributed by atoms with Crippen molar-refractivity contribution in [2.45, 2.75) is 13.5 Å². The zero-order valence-corrected chi connectivity index (χ0v) is 20.8. The molecule has 2 aromatic rings. The Bertz CT molecular complexity index is 845. The highest BCUT2D eigenvalue weighted by molar-refractivity contribution is 14.0. The highest BCUT2D eigenvalue weighted by atomic mass is 127. The molecule has 0 aliphatic carbocycles. The van der Waals surface area contributed by atoms with Crippen LogP contribution in [0.25, 0.3) is 0 Å². The number of halogens is 1. The van der Waals surface area contributed by atoms with E-state index in [1.54, 1.807) is 33.7 Å². The Hall–Kier alpha value is -2.50. The van der Waals surface area contributed by atoms with Gasteiger partial charge in [0.05, 0.1) is 27.9 Å². The third kappa shape index (κ3) is 6.02. The molecule has 0 saturated carbocycles. The molecule has 0 spiro atoms. The van der Waals surface area contributed by atoms with Crippen molar-refractivity contribution in [3.05, 3.63) is 36.2 Å². The Labute approximate surface area is 200 Å². The SMILES string of the molecule is CCNC(=NCc1ccc(OC)c(OC)c1OC)N1CCN(c2ncccn2)CC1.I. The van der Waals surface area contributed by atoms with Crippen molar-refractivity contribution in [1.82, 2.24) is 20.2 Å². The summed E-state index contributed by atoms with van der Waals surface area (Å²) < 4.78 is 16.4. The van der Waals surface area contributed by atoms with Crippen molar-refractivity contribution >= 4 is 35.9 Å². The van der Waals surface area contributed by atoms with Gasteiger partial charge in [-0.2, -0.15) is 0 Å². The lowest BCUT2D eigenvalue weighted by Gasteiger charge is -2.36. The quantitative estimate of drug-likeness (QED) is 0.325. The van der Waals surface area contributed by atoms with Gasteiger partial charge < -0.3 is 29.3 Å². The van der Waals surface area contributed by atoms with Gasteiger partial charge in [0.1, 0.15) is 0 Å². The molecule has 31 heavy (non-hydrogen) atoms. The number of ether oxygens (including phenoxy) is 3. The van der Waals surface area contributed by atoms with Gasteiger partial charge in [-0.15, -0.1) is 24.0 Å². The van der Waals surface area contributed by atoms with Crippen LogP contribution in [0.5, 0.6) is 17.2 Å². The molecule has 0 atom stereocenters. The summed E-state index contributed by atoms with van der Waals surface area (Å²) in [6, 6.07) is 5.66. The van der Waals surface area contributed by atoms with Crippen LogP contribution in [0, 0.1) is 0 Å². The average Bonchev–Trinajstić information content (AvgIpc) is 2.81. The number of hydrogen-bond donors (Lipinski definition) is 1. The second-order valence-corrected chi connectivity index (χ2v) is 6.69. The number of guanidine groups is 1. The van der Waals surface area contributed by atoms with Crippen LogP contribution in [0.1, 0.15) is 12.5 Å². The number of rotatable bonds is 7. The summed E-state index contributed by atoms with van der Waals surface area (Å²) >= 11 is 0. The minimum Gasteiger partial charge on any atom is -0.493 e. The van der Waals surface area contributed by atoms with Crippen molar-refractivity contribution in [2.75, 3.05) is 59.0 Å². The van der Waals surface area contributed by atoms with Gasteiger partial charge in [0.15, 0.2) is 17.5 Å². The van der Waals surface area contributed by atoms with Crippen molar-refractivity contribution in [2.24, 2.45) is 4.99 Å². The van der Waals surface area contributed by atoms with Gasteiger partial charge in [-0.3, -0.25) is 0 Å². The molecule has 1 aromatic heterocycles. The topological polar surface area (TPSA) is 84.3 Å². The van der Waals surface area contributed by atoms with Crippen LogP contribution in [0.4, 0.5) is 5.95 Å². The number of nitrogens with one attached hydrogen (secondary N) is 1. The second-order valence-electron chi connectivity index (χ2n) is 6.69. The van der Waals surface area contributed by atoms with E-state index < -0.39 is 0 Å². The van der Waals surface area contributed by atoms with E-state index in [0.717, 1.165) is 50.2 Å². The van der Waals surface area contributed by atoms with Crippen molar-refractivity contribution < 1.29 is 14.2 Å². The first-order valence-electron chi connectivity index (χ1n) is 10.0. The summed E-state index contributed by atoms with van der Waals surface area (Å²) in [5.74, 6) is 3.50. The minimum absolute atomic E-state index is 0. The highest BCUT2D eigenvalue weighted by Gasteiger charge is 2.21. The van der Waals surface area contributed by atoms with Crippen LogP contribution in [-0.4, -0.2) is 74.9 Å². The molecular weight excluding hydrogens is 511 g/mol. The molecule has 0 bridgehead atoms. The molecule has 1 aliphatic rings. The predicted molar refractivity (Wildman–Crippen MR) is 132 cm³/mol. The Morgan fingerprint density at radius 3 is 2.26 bits per heavy atom. The first-order valence-corrected chi connectivity index (χ1v) is 10.0. The van der Waals surface area contributed by atoms with E-state index in [-0.39, 0.29) is 24.0 Å². The molecular formula is C21H31IN6O3. The molecule has 10 heteroatoms. The summed E-state index contributed by atoms with van der Waals surface area (Å²) in [6.07, 6.45) is 3.55. The fourth-order valence-electron chi connectivity index (χ4n) is 3.45. The summed E-state index contributed by atoms with van der Waals surface area (Å²) in [4.78, 5) is 18.0. The summed E-state index contributed by atoms with van der Waals surface area (Å²) in [6.45, 7) is 6.70. The van der Waals surface area contributed by atoms with Gasteiger partial charge in [-0.25, -0.2) is 15.0 Å². The zero-order chi connectivity index (χ0) is 21.3. The van der Waals surface area contributed by atoms with Gasteiger partial charge in [-0.1, -0.05) is 0 Å². The summed E-state index contributed by atoms with van der Waals surface area (Å²) in [5.41, 5.74) is 0.932. The molecule has 1 fully saturated rings. The van der Waals surface area contributed by atoms with E-state index in [0.29, 0.717) is 23.8 Å². The van der Waals surface area contributed by atoms with Crippen LogP contribution < -0.4 is 24.4 Å². The van der Waals surface area contributed by atoms with E-state index in [4.69, 9.17) is 19.2 Å². The number of hydrogen-bond acceptors (Lipinski definition) is 7. The lowest BCUT2D eigenvalue weighted by Crippen LogP contribution is -2.52.